The molecule has 3 unspecified atom stereocenters. The molecule has 0 aromatic heterocycles. The van der Waals surface area contributed by atoms with Crippen molar-refractivity contribution in [2.24, 2.45) is 11.8 Å². The van der Waals surface area contributed by atoms with E-state index in [0.717, 1.165) is 5.92 Å². The Morgan fingerprint density at radius 3 is 2.32 bits per heavy atom. The number of hydrogen-bond donors (Lipinski definition) is 1. The Morgan fingerprint density at radius 1 is 1.11 bits per heavy atom. The fraction of sp³-hybridized carbons (Fsp3) is 0.938. The van der Waals surface area contributed by atoms with Crippen LogP contribution in [-0.2, 0) is 4.79 Å². The highest BCUT2D eigenvalue weighted by Gasteiger charge is 2.45. The normalized spacial score (nSPS) is 35.5. The van der Waals surface area contributed by atoms with Crippen molar-refractivity contribution in [3.63, 3.8) is 0 Å². The van der Waals surface area contributed by atoms with Crippen LogP contribution in [0.4, 0.5) is 0 Å². The van der Waals surface area contributed by atoms with E-state index in [1.165, 1.54) is 51.4 Å². The van der Waals surface area contributed by atoms with Crippen molar-refractivity contribution >= 4 is 5.91 Å². The zero-order valence-electron chi connectivity index (χ0n) is 12.4. The van der Waals surface area contributed by atoms with Crippen LogP contribution in [0.15, 0.2) is 0 Å². The van der Waals surface area contributed by atoms with Crippen LogP contribution in [0, 0.1) is 11.8 Å². The molecule has 0 bridgehead atoms. The van der Waals surface area contributed by atoms with Gasteiger partial charge in [-0.3, -0.25) is 10.1 Å². The van der Waals surface area contributed by atoms with Crippen molar-refractivity contribution in [1.82, 2.24) is 10.2 Å². The summed E-state index contributed by atoms with van der Waals surface area (Å²) in [6.07, 6.45) is 10.9. The summed E-state index contributed by atoms with van der Waals surface area (Å²) in [5.74, 6) is 1.77. The molecule has 3 atom stereocenters. The molecule has 1 heterocycles. The smallest absolute Gasteiger partial charge is 0.240 e. The average molecular weight is 264 g/mol. The number of nitrogens with one attached hydrogen (secondary N) is 1. The van der Waals surface area contributed by atoms with Crippen molar-refractivity contribution in [1.29, 1.82) is 0 Å². The minimum atomic E-state index is 0.0226. The molecule has 3 heteroatoms. The largest absolute Gasteiger partial charge is 0.323 e. The van der Waals surface area contributed by atoms with Gasteiger partial charge in [0.2, 0.25) is 5.91 Å². The molecule has 0 radical (unpaired) electrons. The summed E-state index contributed by atoms with van der Waals surface area (Å²) in [5.41, 5.74) is 0. The predicted octanol–water partition coefficient (Wildman–Crippen LogP) is 2.90. The van der Waals surface area contributed by atoms with Gasteiger partial charge in [-0.05, 0) is 51.4 Å². The van der Waals surface area contributed by atoms with Gasteiger partial charge >= 0.3 is 0 Å². The lowest BCUT2D eigenvalue weighted by molar-refractivity contribution is -0.133. The summed E-state index contributed by atoms with van der Waals surface area (Å²) in [5, 5.41) is 3.58. The van der Waals surface area contributed by atoms with Crippen LogP contribution < -0.4 is 5.32 Å². The number of hydrogen-bond acceptors (Lipinski definition) is 2. The van der Waals surface area contributed by atoms with Crippen LogP contribution >= 0.6 is 0 Å². The number of amides is 1. The van der Waals surface area contributed by atoms with Crippen molar-refractivity contribution in [2.45, 2.75) is 83.5 Å². The van der Waals surface area contributed by atoms with E-state index in [9.17, 15) is 4.79 Å². The molecule has 0 aromatic carbocycles. The maximum atomic E-state index is 12.5. The third kappa shape index (κ3) is 2.42. The van der Waals surface area contributed by atoms with Gasteiger partial charge in [0.1, 0.15) is 0 Å². The van der Waals surface area contributed by atoms with E-state index in [4.69, 9.17) is 0 Å². The first kappa shape index (κ1) is 13.4. The molecule has 1 N–H and O–H groups in total. The summed E-state index contributed by atoms with van der Waals surface area (Å²) in [6.45, 7) is 4.32. The van der Waals surface area contributed by atoms with Gasteiger partial charge in [-0.2, -0.15) is 0 Å². The van der Waals surface area contributed by atoms with Crippen molar-refractivity contribution < 1.29 is 4.79 Å². The van der Waals surface area contributed by atoms with Gasteiger partial charge in [0.15, 0.2) is 0 Å². The Balaban J connectivity index is 1.76. The third-order valence-electron chi connectivity index (χ3n) is 5.71. The molecule has 0 aromatic rings. The minimum Gasteiger partial charge on any atom is -0.323 e. The van der Waals surface area contributed by atoms with Gasteiger partial charge in [-0.15, -0.1) is 0 Å². The van der Waals surface area contributed by atoms with E-state index in [0.29, 0.717) is 24.0 Å². The van der Waals surface area contributed by atoms with Gasteiger partial charge in [0.25, 0.3) is 0 Å². The fourth-order valence-corrected chi connectivity index (χ4v) is 4.53. The van der Waals surface area contributed by atoms with Crippen LogP contribution in [-0.4, -0.2) is 29.1 Å². The van der Waals surface area contributed by atoms with Crippen molar-refractivity contribution in [2.75, 3.05) is 0 Å². The molecule has 3 aliphatic rings. The van der Waals surface area contributed by atoms with E-state index in [1.54, 1.807) is 0 Å². The van der Waals surface area contributed by atoms with Gasteiger partial charge in [-0.25, -0.2) is 0 Å². The van der Waals surface area contributed by atoms with Gasteiger partial charge in [-0.1, -0.05) is 25.7 Å². The molecule has 3 nitrogen and oxygen atoms in total. The summed E-state index contributed by atoms with van der Waals surface area (Å²) in [6, 6.07) is 0.451. The topological polar surface area (TPSA) is 32.3 Å². The number of carbonyl (C=O) groups excluding carboxylic acids is 1. The van der Waals surface area contributed by atoms with E-state index in [1.807, 2.05) is 6.92 Å². The fourth-order valence-electron chi connectivity index (χ4n) is 4.53. The maximum Gasteiger partial charge on any atom is 0.240 e. The average Bonchev–Trinajstić information content (AvgIpc) is 3.11. The van der Waals surface area contributed by atoms with Crippen LogP contribution in [0.1, 0.15) is 65.2 Å². The Morgan fingerprint density at radius 2 is 1.68 bits per heavy atom. The Hall–Kier alpha value is -0.570. The minimum absolute atomic E-state index is 0.0226. The molecular weight excluding hydrogens is 236 g/mol. The van der Waals surface area contributed by atoms with Crippen molar-refractivity contribution in [3.8, 4) is 0 Å². The standard InChI is InChI=1S/C16H28N2O/c1-11-16(19)18(12(2)13-7-3-4-8-13)15(17-11)14-9-5-6-10-14/h11-15,17H,3-10H2,1-2H3. The first-order valence-corrected chi connectivity index (χ1v) is 8.26. The second kappa shape index (κ2) is 5.43. The molecular formula is C16H28N2O. The molecule has 1 saturated heterocycles. The Bertz CT molecular complexity index is 332. The molecule has 1 amide bonds. The van der Waals surface area contributed by atoms with Crippen LogP contribution in [0.2, 0.25) is 0 Å². The molecule has 2 aliphatic carbocycles. The van der Waals surface area contributed by atoms with Crippen LogP contribution in [0.5, 0.6) is 0 Å². The maximum absolute atomic E-state index is 12.5. The lowest BCUT2D eigenvalue weighted by Crippen LogP contribution is -2.49. The summed E-state index contributed by atoms with van der Waals surface area (Å²) >= 11 is 0. The molecule has 1 aliphatic heterocycles. The van der Waals surface area contributed by atoms with Crippen LogP contribution in [0.25, 0.3) is 0 Å². The molecule has 19 heavy (non-hydrogen) atoms. The molecule has 0 spiro atoms. The van der Waals surface area contributed by atoms with Gasteiger partial charge in [0.05, 0.1) is 12.2 Å². The zero-order chi connectivity index (χ0) is 13.4. The number of carbonyl (C=O) groups is 1. The van der Waals surface area contributed by atoms with E-state index in [2.05, 4.69) is 17.1 Å². The Kier molecular flexibility index (Phi) is 3.84. The summed E-state index contributed by atoms with van der Waals surface area (Å²) in [7, 11) is 0. The second-order valence-corrected chi connectivity index (χ2v) is 6.91. The quantitative estimate of drug-likeness (QED) is 0.850. The van der Waals surface area contributed by atoms with E-state index >= 15 is 0 Å². The first-order chi connectivity index (χ1) is 9.18. The van der Waals surface area contributed by atoms with E-state index < -0.39 is 0 Å². The molecule has 2 saturated carbocycles. The van der Waals surface area contributed by atoms with Crippen molar-refractivity contribution in [3.05, 3.63) is 0 Å². The molecule has 108 valence electrons. The van der Waals surface area contributed by atoms with Gasteiger partial charge < -0.3 is 4.90 Å². The highest BCUT2D eigenvalue weighted by atomic mass is 16.2. The highest BCUT2D eigenvalue weighted by Crippen LogP contribution is 2.37. The lowest BCUT2D eigenvalue weighted by Gasteiger charge is -2.36. The number of nitrogens with zero attached hydrogens (tertiary/aromatic N) is 1. The summed E-state index contributed by atoms with van der Waals surface area (Å²) in [4.78, 5) is 14.8. The molecule has 3 fully saturated rings. The summed E-state index contributed by atoms with van der Waals surface area (Å²) < 4.78 is 0. The monoisotopic (exact) mass is 264 g/mol. The van der Waals surface area contributed by atoms with Crippen LogP contribution in [0.3, 0.4) is 0 Å². The van der Waals surface area contributed by atoms with E-state index in [-0.39, 0.29) is 6.04 Å². The highest BCUT2D eigenvalue weighted by molar-refractivity contribution is 5.84. The Labute approximate surface area is 117 Å². The zero-order valence-corrected chi connectivity index (χ0v) is 12.4. The third-order valence-corrected chi connectivity index (χ3v) is 5.71. The second-order valence-electron chi connectivity index (χ2n) is 6.91. The molecule has 3 rings (SSSR count). The van der Waals surface area contributed by atoms with Gasteiger partial charge in [0, 0.05) is 6.04 Å². The lowest BCUT2D eigenvalue weighted by atomic mass is 9.95. The first-order valence-electron chi connectivity index (χ1n) is 8.26. The predicted molar refractivity (Wildman–Crippen MR) is 76.6 cm³/mol. The SMILES string of the molecule is CC1NC(C2CCCC2)N(C(C)C2CCCC2)C1=O. The number of rotatable bonds is 3.